The summed E-state index contributed by atoms with van der Waals surface area (Å²) >= 11 is 1.20. The Morgan fingerprint density at radius 2 is 2.18 bits per heavy atom. The molecule has 28 heavy (non-hydrogen) atoms. The Hall–Kier alpha value is -3.14. The van der Waals surface area contributed by atoms with Crippen molar-refractivity contribution in [2.75, 3.05) is 10.6 Å². The molecule has 1 aromatic carbocycles. The summed E-state index contributed by atoms with van der Waals surface area (Å²) in [6, 6.07) is 5.61. The van der Waals surface area contributed by atoms with E-state index in [9.17, 15) is 18.4 Å². The van der Waals surface area contributed by atoms with E-state index in [0.717, 1.165) is 27.7 Å². The van der Waals surface area contributed by atoms with Gasteiger partial charge in [-0.3, -0.25) is 19.6 Å². The Morgan fingerprint density at radius 1 is 1.36 bits per heavy atom. The molecule has 3 heterocycles. The van der Waals surface area contributed by atoms with Crippen LogP contribution in [0.2, 0.25) is 0 Å². The minimum atomic E-state index is -2.81. The molecular formula is C18H15F2N5O2S. The molecule has 2 amide bonds. The molecule has 1 aliphatic heterocycles. The molecule has 4 rings (SSSR count). The van der Waals surface area contributed by atoms with Crippen LogP contribution in [-0.2, 0) is 18.3 Å². The minimum Gasteiger partial charge on any atom is -0.326 e. The van der Waals surface area contributed by atoms with Gasteiger partial charge in [-0.15, -0.1) is 11.3 Å². The van der Waals surface area contributed by atoms with Gasteiger partial charge in [0.2, 0.25) is 5.91 Å². The number of thiazole rings is 1. The standard InChI is InChI=1S/C18H15F2N5O2S/c1-25-15(16(19)20)11(7-21-25)17(27)24-18-23-13(8-28-18)10-2-4-12-9(6-10)3-5-14(26)22-12/h2,4,6-8,16H,3,5H2,1H3,(H,22,26)(H,23,24,27). The van der Waals surface area contributed by atoms with Crippen molar-refractivity contribution in [1.29, 1.82) is 0 Å². The highest BCUT2D eigenvalue weighted by atomic mass is 32.1. The number of aromatic nitrogens is 3. The van der Waals surface area contributed by atoms with E-state index >= 15 is 0 Å². The largest absolute Gasteiger partial charge is 0.326 e. The minimum absolute atomic E-state index is 0.00234. The molecule has 0 atom stereocenters. The first-order valence-electron chi connectivity index (χ1n) is 8.42. The zero-order valence-corrected chi connectivity index (χ0v) is 15.5. The molecule has 2 aromatic heterocycles. The highest BCUT2D eigenvalue weighted by Gasteiger charge is 2.24. The second-order valence-corrected chi connectivity index (χ2v) is 7.14. The normalized spacial score (nSPS) is 13.4. The Morgan fingerprint density at radius 3 is 2.96 bits per heavy atom. The number of hydrogen-bond donors (Lipinski definition) is 2. The molecule has 0 saturated heterocycles. The molecule has 7 nitrogen and oxygen atoms in total. The molecule has 2 N–H and O–H groups in total. The summed E-state index contributed by atoms with van der Waals surface area (Å²) in [6.45, 7) is 0. The van der Waals surface area contributed by atoms with Gasteiger partial charge in [0.05, 0.1) is 17.5 Å². The van der Waals surface area contributed by atoms with Crippen LogP contribution in [0.15, 0.2) is 29.8 Å². The average molecular weight is 403 g/mol. The van der Waals surface area contributed by atoms with Crippen molar-refractivity contribution >= 4 is 34.0 Å². The maximum atomic E-state index is 13.1. The molecular weight excluding hydrogens is 388 g/mol. The van der Waals surface area contributed by atoms with Crippen molar-refractivity contribution in [3.63, 3.8) is 0 Å². The Labute approximate surface area is 162 Å². The number of anilines is 2. The first kappa shape index (κ1) is 18.2. The molecule has 3 aromatic rings. The van der Waals surface area contributed by atoms with E-state index in [1.165, 1.54) is 18.4 Å². The van der Waals surface area contributed by atoms with Crippen LogP contribution in [0.4, 0.5) is 19.6 Å². The molecule has 0 fully saturated rings. The number of amides is 2. The van der Waals surface area contributed by atoms with Crippen LogP contribution in [0.25, 0.3) is 11.3 Å². The summed E-state index contributed by atoms with van der Waals surface area (Å²) in [5.41, 5.74) is 2.69. The van der Waals surface area contributed by atoms with E-state index in [4.69, 9.17) is 0 Å². The Kier molecular flexibility index (Phi) is 4.63. The van der Waals surface area contributed by atoms with Gasteiger partial charge in [0.15, 0.2) is 5.13 Å². The van der Waals surface area contributed by atoms with Gasteiger partial charge >= 0.3 is 0 Å². The first-order valence-corrected chi connectivity index (χ1v) is 9.30. The van der Waals surface area contributed by atoms with Crippen LogP contribution in [0.3, 0.4) is 0 Å². The van der Waals surface area contributed by atoms with E-state index in [-0.39, 0.29) is 11.5 Å². The maximum Gasteiger partial charge on any atom is 0.280 e. The summed E-state index contributed by atoms with van der Waals surface area (Å²) < 4.78 is 27.2. The number of aryl methyl sites for hydroxylation is 2. The molecule has 10 heteroatoms. The fourth-order valence-corrected chi connectivity index (χ4v) is 3.77. The van der Waals surface area contributed by atoms with Crippen molar-refractivity contribution in [2.24, 2.45) is 7.05 Å². The summed E-state index contributed by atoms with van der Waals surface area (Å²) in [6.07, 6.45) is -0.605. The highest BCUT2D eigenvalue weighted by molar-refractivity contribution is 7.14. The van der Waals surface area contributed by atoms with E-state index in [1.807, 2.05) is 18.2 Å². The van der Waals surface area contributed by atoms with Crippen LogP contribution >= 0.6 is 11.3 Å². The van der Waals surface area contributed by atoms with Gasteiger partial charge in [0, 0.05) is 30.1 Å². The second kappa shape index (κ2) is 7.12. The number of alkyl halides is 2. The third-order valence-electron chi connectivity index (χ3n) is 4.46. The van der Waals surface area contributed by atoms with E-state index < -0.39 is 18.0 Å². The zero-order valence-electron chi connectivity index (χ0n) is 14.7. The monoisotopic (exact) mass is 403 g/mol. The van der Waals surface area contributed by atoms with E-state index in [2.05, 4.69) is 20.7 Å². The predicted molar refractivity (Wildman–Crippen MR) is 101 cm³/mol. The van der Waals surface area contributed by atoms with E-state index in [1.54, 1.807) is 5.38 Å². The van der Waals surface area contributed by atoms with Crippen molar-refractivity contribution in [2.45, 2.75) is 19.3 Å². The number of carbonyl (C=O) groups is 2. The van der Waals surface area contributed by atoms with E-state index in [0.29, 0.717) is 23.7 Å². The average Bonchev–Trinajstić information content (AvgIpc) is 3.28. The summed E-state index contributed by atoms with van der Waals surface area (Å²) in [5, 5.41) is 11.2. The summed E-state index contributed by atoms with van der Waals surface area (Å²) in [4.78, 5) is 28.2. The van der Waals surface area contributed by atoms with Gasteiger partial charge in [-0.25, -0.2) is 13.8 Å². The van der Waals surface area contributed by atoms with Crippen LogP contribution in [0.1, 0.15) is 34.5 Å². The molecule has 144 valence electrons. The number of benzene rings is 1. The lowest BCUT2D eigenvalue weighted by molar-refractivity contribution is -0.116. The number of halogens is 2. The van der Waals surface area contributed by atoms with Gasteiger partial charge in [-0.05, 0) is 24.1 Å². The van der Waals surface area contributed by atoms with Crippen LogP contribution in [0, 0.1) is 0 Å². The van der Waals surface area contributed by atoms with Crippen molar-refractivity contribution in [1.82, 2.24) is 14.8 Å². The van der Waals surface area contributed by atoms with Crippen LogP contribution in [0.5, 0.6) is 0 Å². The van der Waals surface area contributed by atoms with Crippen LogP contribution in [-0.4, -0.2) is 26.6 Å². The smallest absolute Gasteiger partial charge is 0.280 e. The number of nitrogens with one attached hydrogen (secondary N) is 2. The SMILES string of the molecule is Cn1ncc(C(=O)Nc2nc(-c3ccc4c(c3)CCC(=O)N4)cs2)c1C(F)F. The topological polar surface area (TPSA) is 88.9 Å². The number of carbonyl (C=O) groups excluding carboxylic acids is 2. The predicted octanol–water partition coefficient (Wildman–Crippen LogP) is 3.62. The lowest BCUT2D eigenvalue weighted by atomic mass is 9.99. The summed E-state index contributed by atoms with van der Waals surface area (Å²) in [5.74, 6) is -0.685. The highest BCUT2D eigenvalue weighted by Crippen LogP contribution is 2.31. The van der Waals surface area contributed by atoms with Gasteiger partial charge in [0.1, 0.15) is 5.69 Å². The number of hydrogen-bond acceptors (Lipinski definition) is 5. The fraction of sp³-hybridized carbons (Fsp3) is 0.222. The zero-order chi connectivity index (χ0) is 19.8. The van der Waals surface area contributed by atoms with Gasteiger partial charge in [-0.1, -0.05) is 6.07 Å². The first-order chi connectivity index (χ1) is 13.4. The third kappa shape index (κ3) is 3.38. The molecule has 0 unspecified atom stereocenters. The molecule has 1 aliphatic rings. The van der Waals surface area contributed by atoms with Crippen molar-refractivity contribution < 1.29 is 18.4 Å². The van der Waals surface area contributed by atoms with Crippen molar-refractivity contribution in [3.05, 3.63) is 46.6 Å². The van der Waals surface area contributed by atoms with Gasteiger partial charge < -0.3 is 5.32 Å². The second-order valence-electron chi connectivity index (χ2n) is 6.28. The Bertz CT molecular complexity index is 1080. The van der Waals surface area contributed by atoms with Crippen LogP contribution < -0.4 is 10.6 Å². The molecule has 0 spiro atoms. The quantitative estimate of drug-likeness (QED) is 0.696. The molecule has 0 radical (unpaired) electrons. The lowest BCUT2D eigenvalue weighted by Crippen LogP contribution is -2.18. The number of nitrogens with zero attached hydrogens (tertiary/aromatic N) is 3. The Balaban J connectivity index is 1.54. The van der Waals surface area contributed by atoms with Crippen molar-refractivity contribution in [3.8, 4) is 11.3 Å². The fourth-order valence-electron chi connectivity index (χ4n) is 3.05. The van der Waals surface area contributed by atoms with Gasteiger partial charge in [-0.2, -0.15) is 5.10 Å². The molecule has 0 saturated carbocycles. The molecule has 0 aliphatic carbocycles. The summed E-state index contributed by atoms with van der Waals surface area (Å²) in [7, 11) is 1.36. The number of rotatable bonds is 4. The van der Waals surface area contributed by atoms with Gasteiger partial charge in [0.25, 0.3) is 12.3 Å². The maximum absolute atomic E-state index is 13.1. The number of fused-ring (bicyclic) bond motifs is 1. The lowest BCUT2D eigenvalue weighted by Gasteiger charge is -2.17. The third-order valence-corrected chi connectivity index (χ3v) is 5.21. The molecule has 0 bridgehead atoms.